The molecule has 3 heterocycles. The maximum atomic E-state index is 10.8. The number of aromatic nitrogens is 3. The highest BCUT2D eigenvalue weighted by atomic mass is 32.1. The minimum absolute atomic E-state index is 0.537. The lowest BCUT2D eigenvalue weighted by Crippen LogP contribution is -1.93. The van der Waals surface area contributed by atoms with Crippen LogP contribution >= 0.6 is 11.3 Å². The van der Waals surface area contributed by atoms with Crippen molar-refractivity contribution >= 4 is 23.3 Å². The third-order valence-electron chi connectivity index (χ3n) is 2.32. The SMILES string of the molecule is O=Cc1cnc2cnc(-c3cccs3)cn12. The van der Waals surface area contributed by atoms with Crippen LogP contribution in [0.25, 0.3) is 16.2 Å². The summed E-state index contributed by atoms with van der Waals surface area (Å²) >= 11 is 1.62. The van der Waals surface area contributed by atoms with Crippen molar-refractivity contribution in [2.75, 3.05) is 0 Å². The van der Waals surface area contributed by atoms with Crippen LogP contribution in [0.2, 0.25) is 0 Å². The van der Waals surface area contributed by atoms with Gasteiger partial charge >= 0.3 is 0 Å². The summed E-state index contributed by atoms with van der Waals surface area (Å²) < 4.78 is 1.75. The molecule has 16 heavy (non-hydrogen) atoms. The molecule has 0 saturated heterocycles. The number of rotatable bonds is 2. The zero-order chi connectivity index (χ0) is 11.0. The van der Waals surface area contributed by atoms with Gasteiger partial charge in [-0.3, -0.25) is 9.20 Å². The normalized spacial score (nSPS) is 10.8. The first-order valence-electron chi connectivity index (χ1n) is 4.70. The molecule has 3 aromatic heterocycles. The van der Waals surface area contributed by atoms with Gasteiger partial charge in [0.05, 0.1) is 23.0 Å². The Balaban J connectivity index is 2.25. The lowest BCUT2D eigenvalue weighted by molar-refractivity contribution is 0.111. The van der Waals surface area contributed by atoms with E-state index in [0.717, 1.165) is 16.9 Å². The molecule has 0 unspecified atom stereocenters. The van der Waals surface area contributed by atoms with Crippen LogP contribution in [-0.2, 0) is 0 Å². The molecule has 0 saturated carbocycles. The molecule has 0 bridgehead atoms. The maximum absolute atomic E-state index is 10.8. The van der Waals surface area contributed by atoms with Gasteiger partial charge in [-0.1, -0.05) is 6.07 Å². The van der Waals surface area contributed by atoms with Gasteiger partial charge in [0.2, 0.25) is 0 Å². The Hall–Kier alpha value is -2.01. The van der Waals surface area contributed by atoms with E-state index in [-0.39, 0.29) is 0 Å². The fourth-order valence-corrected chi connectivity index (χ4v) is 2.23. The van der Waals surface area contributed by atoms with Gasteiger partial charge < -0.3 is 0 Å². The van der Waals surface area contributed by atoms with Crippen LogP contribution in [-0.4, -0.2) is 20.7 Å². The van der Waals surface area contributed by atoms with Gasteiger partial charge in [-0.15, -0.1) is 11.3 Å². The van der Waals surface area contributed by atoms with E-state index in [1.165, 1.54) is 0 Å². The molecule has 0 aliphatic heterocycles. The molecule has 0 spiro atoms. The first-order chi connectivity index (χ1) is 7.88. The largest absolute Gasteiger partial charge is 0.296 e. The molecule has 0 fully saturated rings. The Morgan fingerprint density at radius 3 is 3.00 bits per heavy atom. The summed E-state index contributed by atoms with van der Waals surface area (Å²) in [5.74, 6) is 0. The van der Waals surface area contributed by atoms with Crippen LogP contribution in [0.1, 0.15) is 10.5 Å². The highest BCUT2D eigenvalue weighted by molar-refractivity contribution is 7.13. The molecule has 3 aromatic rings. The fraction of sp³-hybridized carbons (Fsp3) is 0. The first-order valence-corrected chi connectivity index (χ1v) is 5.58. The molecule has 0 radical (unpaired) electrons. The molecule has 78 valence electrons. The number of hydrogen-bond acceptors (Lipinski definition) is 4. The minimum atomic E-state index is 0.537. The molecular formula is C11H7N3OS. The predicted octanol–water partition coefficient (Wildman–Crippen LogP) is 2.27. The summed E-state index contributed by atoms with van der Waals surface area (Å²) in [5.41, 5.74) is 2.07. The van der Waals surface area contributed by atoms with Crippen molar-refractivity contribution in [2.45, 2.75) is 0 Å². The lowest BCUT2D eigenvalue weighted by Gasteiger charge is -1.99. The number of hydrogen-bond donors (Lipinski definition) is 0. The van der Waals surface area contributed by atoms with E-state index in [9.17, 15) is 4.79 Å². The monoisotopic (exact) mass is 229 g/mol. The second kappa shape index (κ2) is 3.53. The average molecular weight is 229 g/mol. The van der Waals surface area contributed by atoms with Crippen LogP contribution < -0.4 is 0 Å². The summed E-state index contributed by atoms with van der Waals surface area (Å²) in [4.78, 5) is 20.3. The van der Waals surface area contributed by atoms with Crippen molar-refractivity contribution in [3.63, 3.8) is 0 Å². The van der Waals surface area contributed by atoms with Crippen LogP contribution in [0.15, 0.2) is 36.1 Å². The van der Waals surface area contributed by atoms with Gasteiger partial charge in [-0.25, -0.2) is 9.97 Å². The molecule has 0 N–H and O–H groups in total. The topological polar surface area (TPSA) is 47.3 Å². The van der Waals surface area contributed by atoms with Crippen LogP contribution in [0.3, 0.4) is 0 Å². The van der Waals surface area contributed by atoms with Crippen molar-refractivity contribution in [3.8, 4) is 10.6 Å². The molecule has 0 amide bonds. The number of carbonyl (C=O) groups excluding carboxylic acids is 1. The number of carbonyl (C=O) groups is 1. The van der Waals surface area contributed by atoms with Gasteiger partial charge in [0.15, 0.2) is 11.9 Å². The summed E-state index contributed by atoms with van der Waals surface area (Å²) in [5, 5.41) is 2.00. The van der Waals surface area contributed by atoms with E-state index in [1.54, 1.807) is 28.1 Å². The smallest absolute Gasteiger partial charge is 0.168 e. The van der Waals surface area contributed by atoms with E-state index in [2.05, 4.69) is 9.97 Å². The highest BCUT2D eigenvalue weighted by Crippen LogP contribution is 2.22. The van der Waals surface area contributed by atoms with E-state index in [0.29, 0.717) is 11.3 Å². The minimum Gasteiger partial charge on any atom is -0.296 e. The Morgan fingerprint density at radius 2 is 2.25 bits per heavy atom. The third kappa shape index (κ3) is 1.33. The Kier molecular flexibility index (Phi) is 2.04. The molecule has 5 heteroatoms. The fourth-order valence-electron chi connectivity index (χ4n) is 1.55. The second-order valence-electron chi connectivity index (χ2n) is 3.28. The van der Waals surface area contributed by atoms with Crippen LogP contribution in [0.4, 0.5) is 0 Å². The van der Waals surface area contributed by atoms with E-state index < -0.39 is 0 Å². The maximum Gasteiger partial charge on any atom is 0.168 e. The van der Waals surface area contributed by atoms with Crippen LogP contribution in [0.5, 0.6) is 0 Å². The number of aldehydes is 1. The van der Waals surface area contributed by atoms with Gasteiger partial charge in [0.25, 0.3) is 0 Å². The van der Waals surface area contributed by atoms with Crippen molar-refractivity contribution < 1.29 is 4.79 Å². The number of imidazole rings is 1. The number of nitrogens with zero attached hydrogens (tertiary/aromatic N) is 3. The van der Waals surface area contributed by atoms with E-state index in [1.807, 2.05) is 23.7 Å². The number of thiophene rings is 1. The Labute approximate surface area is 95.2 Å². The zero-order valence-electron chi connectivity index (χ0n) is 8.20. The molecule has 0 aliphatic carbocycles. The molecule has 0 atom stereocenters. The average Bonchev–Trinajstić information content (AvgIpc) is 2.97. The molecule has 4 nitrogen and oxygen atoms in total. The van der Waals surface area contributed by atoms with Gasteiger partial charge in [0, 0.05) is 6.20 Å². The Morgan fingerprint density at radius 1 is 1.31 bits per heavy atom. The summed E-state index contributed by atoms with van der Waals surface area (Å²) in [6.07, 6.45) is 5.83. The van der Waals surface area contributed by atoms with Gasteiger partial charge in [-0.05, 0) is 11.4 Å². The predicted molar refractivity (Wildman–Crippen MR) is 61.7 cm³/mol. The highest BCUT2D eigenvalue weighted by Gasteiger charge is 2.05. The standard InChI is InChI=1S/C11H7N3OS/c15-7-8-4-13-11-5-12-9(6-14(8)11)10-2-1-3-16-10/h1-7H. The third-order valence-corrected chi connectivity index (χ3v) is 3.21. The van der Waals surface area contributed by atoms with E-state index in [4.69, 9.17) is 0 Å². The summed E-state index contributed by atoms with van der Waals surface area (Å²) in [6.45, 7) is 0. The molecule has 0 aromatic carbocycles. The first kappa shape index (κ1) is 9.23. The molecular weight excluding hydrogens is 222 g/mol. The van der Waals surface area contributed by atoms with Crippen molar-refractivity contribution in [1.29, 1.82) is 0 Å². The summed E-state index contributed by atoms with van der Waals surface area (Å²) in [7, 11) is 0. The zero-order valence-corrected chi connectivity index (χ0v) is 9.02. The van der Waals surface area contributed by atoms with Gasteiger partial charge in [-0.2, -0.15) is 0 Å². The van der Waals surface area contributed by atoms with Crippen LogP contribution in [0, 0.1) is 0 Å². The lowest BCUT2D eigenvalue weighted by atomic mass is 10.3. The number of fused-ring (bicyclic) bond motifs is 1. The van der Waals surface area contributed by atoms with Crippen molar-refractivity contribution in [1.82, 2.24) is 14.4 Å². The molecule has 0 aliphatic rings. The van der Waals surface area contributed by atoms with Gasteiger partial charge in [0.1, 0.15) is 5.69 Å². The van der Waals surface area contributed by atoms with E-state index >= 15 is 0 Å². The quantitative estimate of drug-likeness (QED) is 0.633. The second-order valence-corrected chi connectivity index (χ2v) is 4.23. The Bertz CT molecular complexity index is 642. The molecule has 3 rings (SSSR count). The van der Waals surface area contributed by atoms with Crippen molar-refractivity contribution in [2.24, 2.45) is 0 Å². The summed E-state index contributed by atoms with van der Waals surface area (Å²) in [6, 6.07) is 3.97. The van der Waals surface area contributed by atoms with Crippen molar-refractivity contribution in [3.05, 3.63) is 41.8 Å².